The molecule has 0 radical (unpaired) electrons. The highest BCUT2D eigenvalue weighted by molar-refractivity contribution is 6.03. The van der Waals surface area contributed by atoms with Gasteiger partial charge < -0.3 is 10.1 Å². The zero-order valence-corrected chi connectivity index (χ0v) is 16.6. The second-order valence-electron chi connectivity index (χ2n) is 7.66. The first-order valence-electron chi connectivity index (χ1n) is 9.92. The number of benzene rings is 2. The van der Waals surface area contributed by atoms with Crippen LogP contribution in [0.1, 0.15) is 36.8 Å². The molecular formula is C23H22N2O5. The molecule has 0 saturated carbocycles. The van der Waals surface area contributed by atoms with E-state index in [1.165, 1.54) is 0 Å². The largest absolute Gasteiger partial charge is 0.467 e. The summed E-state index contributed by atoms with van der Waals surface area (Å²) in [4.78, 5) is 48.1. The second-order valence-corrected chi connectivity index (χ2v) is 7.66. The predicted molar refractivity (Wildman–Crippen MR) is 109 cm³/mol. The van der Waals surface area contributed by atoms with Gasteiger partial charge >= 0.3 is 0 Å². The van der Waals surface area contributed by atoms with Crippen molar-refractivity contribution < 1.29 is 23.9 Å². The summed E-state index contributed by atoms with van der Waals surface area (Å²) in [6.45, 7) is 2.46. The number of carbonyl (C=O) groups is 4. The fraction of sp³-hybridized carbons (Fsp3) is 0.304. The van der Waals surface area contributed by atoms with Crippen molar-refractivity contribution in [1.82, 2.24) is 4.90 Å². The third-order valence-electron chi connectivity index (χ3n) is 5.70. The Bertz CT molecular complexity index is 1030. The van der Waals surface area contributed by atoms with Crippen LogP contribution in [0.2, 0.25) is 0 Å². The first-order chi connectivity index (χ1) is 14.5. The summed E-state index contributed by atoms with van der Waals surface area (Å²) in [7, 11) is 0. The molecule has 154 valence electrons. The number of amides is 3. The molecule has 1 aliphatic heterocycles. The summed E-state index contributed by atoms with van der Waals surface area (Å²) in [5.74, 6) is -1.13. The lowest BCUT2D eigenvalue weighted by atomic mass is 9.97. The number of ether oxygens (including phenoxy) is 1. The molecule has 3 amide bonds. The molecule has 30 heavy (non-hydrogen) atoms. The van der Waals surface area contributed by atoms with Gasteiger partial charge in [0.2, 0.25) is 17.7 Å². The number of nitrogens with one attached hydrogen (secondary N) is 1. The molecule has 1 fully saturated rings. The lowest BCUT2D eigenvalue weighted by molar-refractivity contribution is -0.139. The molecular weight excluding hydrogens is 384 g/mol. The van der Waals surface area contributed by atoms with Crippen LogP contribution in [0.15, 0.2) is 42.5 Å². The summed E-state index contributed by atoms with van der Waals surface area (Å²) in [6.07, 6.45) is 0.245. The van der Waals surface area contributed by atoms with Crippen molar-refractivity contribution in [3.8, 4) is 11.1 Å². The minimum absolute atomic E-state index is 0.0409. The van der Waals surface area contributed by atoms with Gasteiger partial charge in [0.05, 0.1) is 0 Å². The molecule has 2 unspecified atom stereocenters. The van der Waals surface area contributed by atoms with Crippen LogP contribution in [-0.4, -0.2) is 42.2 Å². The Morgan fingerprint density at radius 3 is 2.67 bits per heavy atom. The lowest BCUT2D eigenvalue weighted by Gasteiger charge is -2.15. The number of anilines is 1. The Morgan fingerprint density at radius 1 is 1.17 bits per heavy atom. The topological polar surface area (TPSA) is 92.8 Å². The quantitative estimate of drug-likeness (QED) is 0.564. The lowest BCUT2D eigenvalue weighted by Crippen LogP contribution is -2.33. The number of nitrogens with zero attached hydrogens (tertiary/aromatic N) is 1. The maximum Gasteiger partial charge on any atom is 0.293 e. The van der Waals surface area contributed by atoms with Crippen molar-refractivity contribution in [2.75, 3.05) is 18.5 Å². The van der Waals surface area contributed by atoms with Crippen molar-refractivity contribution in [3.63, 3.8) is 0 Å². The average molecular weight is 406 g/mol. The molecule has 2 aromatic rings. The van der Waals surface area contributed by atoms with E-state index < -0.39 is 0 Å². The summed E-state index contributed by atoms with van der Waals surface area (Å²) in [5.41, 5.74) is 4.82. The van der Waals surface area contributed by atoms with Gasteiger partial charge in [-0.1, -0.05) is 37.3 Å². The van der Waals surface area contributed by atoms with Gasteiger partial charge in [0.25, 0.3) is 6.47 Å². The monoisotopic (exact) mass is 406 g/mol. The Hall–Kier alpha value is -3.48. The summed E-state index contributed by atoms with van der Waals surface area (Å²) < 4.78 is 5.04. The molecule has 4 rings (SSSR count). The third kappa shape index (κ3) is 3.58. The molecule has 0 spiro atoms. The summed E-state index contributed by atoms with van der Waals surface area (Å²) >= 11 is 0. The first kappa shape index (κ1) is 19.8. The van der Waals surface area contributed by atoms with Crippen LogP contribution in [0.3, 0.4) is 0 Å². The van der Waals surface area contributed by atoms with Crippen LogP contribution in [0.25, 0.3) is 11.1 Å². The molecule has 7 nitrogen and oxygen atoms in total. The van der Waals surface area contributed by atoms with E-state index in [2.05, 4.69) is 5.32 Å². The van der Waals surface area contributed by atoms with E-state index in [1.807, 2.05) is 42.5 Å². The van der Waals surface area contributed by atoms with Gasteiger partial charge in [0, 0.05) is 36.9 Å². The average Bonchev–Trinajstić information content (AvgIpc) is 3.17. The number of imide groups is 1. The molecule has 1 N–H and O–H groups in total. The van der Waals surface area contributed by atoms with Gasteiger partial charge in [-0.3, -0.25) is 24.1 Å². The molecule has 7 heteroatoms. The maximum atomic E-state index is 12.4. The number of carbonyl (C=O) groups excluding carboxylic acids is 4. The molecule has 1 heterocycles. The van der Waals surface area contributed by atoms with Gasteiger partial charge in [-0.2, -0.15) is 0 Å². The van der Waals surface area contributed by atoms with E-state index in [0.717, 1.165) is 27.2 Å². The standard InChI is InChI=1S/C23H22N2O5/c1-14-10-22(28)25(23(14)29)9-8-21(27)24-15-6-7-18-16-4-2-3-5-17(16)20(12-30-13-26)19(18)11-15/h2-7,11,13-14,20H,8-10,12H2,1H3,(H,24,27). The second kappa shape index (κ2) is 8.10. The summed E-state index contributed by atoms with van der Waals surface area (Å²) in [6, 6.07) is 13.6. The minimum Gasteiger partial charge on any atom is -0.467 e. The zero-order chi connectivity index (χ0) is 21.3. The van der Waals surface area contributed by atoms with Crippen LogP contribution in [-0.2, 0) is 23.9 Å². The first-order valence-corrected chi connectivity index (χ1v) is 9.92. The smallest absolute Gasteiger partial charge is 0.293 e. The molecule has 1 aliphatic carbocycles. The predicted octanol–water partition coefficient (Wildman–Crippen LogP) is 2.70. The maximum absolute atomic E-state index is 12.4. The number of hydrogen-bond acceptors (Lipinski definition) is 5. The summed E-state index contributed by atoms with van der Waals surface area (Å²) in [5, 5.41) is 2.84. The molecule has 0 bridgehead atoms. The van der Waals surface area contributed by atoms with Crippen LogP contribution >= 0.6 is 0 Å². The minimum atomic E-state index is -0.315. The van der Waals surface area contributed by atoms with Crippen LogP contribution < -0.4 is 5.32 Å². The van der Waals surface area contributed by atoms with Crippen molar-refractivity contribution in [2.45, 2.75) is 25.7 Å². The van der Waals surface area contributed by atoms with Gasteiger partial charge in [0.15, 0.2) is 0 Å². The zero-order valence-electron chi connectivity index (χ0n) is 16.6. The van der Waals surface area contributed by atoms with E-state index in [-0.39, 0.29) is 55.6 Å². The highest BCUT2D eigenvalue weighted by atomic mass is 16.5. The van der Waals surface area contributed by atoms with Crippen LogP contribution in [0, 0.1) is 5.92 Å². The Kier molecular flexibility index (Phi) is 5.35. The van der Waals surface area contributed by atoms with E-state index >= 15 is 0 Å². The fourth-order valence-electron chi connectivity index (χ4n) is 4.22. The molecule has 2 aromatic carbocycles. The van der Waals surface area contributed by atoms with Crippen molar-refractivity contribution in [1.29, 1.82) is 0 Å². The molecule has 2 atom stereocenters. The molecule has 0 aromatic heterocycles. The highest BCUT2D eigenvalue weighted by Crippen LogP contribution is 2.45. The van der Waals surface area contributed by atoms with E-state index in [1.54, 1.807) is 6.92 Å². The Labute approximate surface area is 174 Å². The van der Waals surface area contributed by atoms with Crippen LogP contribution in [0.5, 0.6) is 0 Å². The molecule has 2 aliphatic rings. The normalized spacial score (nSPS) is 19.4. The number of likely N-dealkylation sites (tertiary alicyclic amines) is 1. The van der Waals surface area contributed by atoms with Crippen molar-refractivity contribution in [3.05, 3.63) is 53.6 Å². The van der Waals surface area contributed by atoms with E-state index in [4.69, 9.17) is 4.74 Å². The number of hydrogen-bond donors (Lipinski definition) is 1. The van der Waals surface area contributed by atoms with Crippen molar-refractivity contribution in [2.24, 2.45) is 5.92 Å². The number of fused-ring (bicyclic) bond motifs is 3. The van der Waals surface area contributed by atoms with E-state index in [9.17, 15) is 19.2 Å². The fourth-order valence-corrected chi connectivity index (χ4v) is 4.22. The molecule has 1 saturated heterocycles. The van der Waals surface area contributed by atoms with Gasteiger partial charge in [0.1, 0.15) is 6.61 Å². The number of rotatable bonds is 7. The SMILES string of the molecule is CC1CC(=O)N(CCC(=O)Nc2ccc3c(c2)C(COC=O)c2ccccc2-3)C1=O. The van der Waals surface area contributed by atoms with Gasteiger partial charge in [-0.15, -0.1) is 0 Å². The van der Waals surface area contributed by atoms with Crippen molar-refractivity contribution >= 4 is 29.9 Å². The Balaban J connectivity index is 1.47. The Morgan fingerprint density at radius 2 is 1.93 bits per heavy atom. The van der Waals surface area contributed by atoms with Gasteiger partial charge in [-0.05, 0) is 34.4 Å². The van der Waals surface area contributed by atoms with Gasteiger partial charge in [-0.25, -0.2) is 0 Å². The van der Waals surface area contributed by atoms with E-state index in [0.29, 0.717) is 12.2 Å². The highest BCUT2D eigenvalue weighted by Gasteiger charge is 2.35. The van der Waals surface area contributed by atoms with Crippen LogP contribution in [0.4, 0.5) is 5.69 Å². The third-order valence-corrected chi connectivity index (χ3v) is 5.70.